The van der Waals surface area contributed by atoms with E-state index in [2.05, 4.69) is 30.6 Å². The summed E-state index contributed by atoms with van der Waals surface area (Å²) in [5.74, 6) is 7.33. The number of hydrogen-bond acceptors (Lipinski definition) is 8. The molecule has 2 heterocycles. The topological polar surface area (TPSA) is 112 Å². The normalized spacial score (nSPS) is 16.0. The van der Waals surface area contributed by atoms with Gasteiger partial charge in [-0.1, -0.05) is 6.92 Å². The Morgan fingerprint density at radius 3 is 2.62 bits per heavy atom. The molecule has 1 unspecified atom stereocenters. The first-order chi connectivity index (χ1) is 10.2. The van der Waals surface area contributed by atoms with Crippen molar-refractivity contribution in [3.63, 3.8) is 0 Å². The zero-order valence-electron chi connectivity index (χ0n) is 12.5. The molecule has 0 bridgehead atoms. The zero-order valence-corrected chi connectivity index (χ0v) is 12.5. The SMILES string of the molecule is CC(CO)CCCNc1nc(NN)nc(N2CCCC2)n1. The monoisotopic (exact) mass is 295 g/mol. The average molecular weight is 295 g/mol. The van der Waals surface area contributed by atoms with Crippen LogP contribution in [0.2, 0.25) is 0 Å². The fourth-order valence-electron chi connectivity index (χ4n) is 2.31. The molecule has 0 amide bonds. The first-order valence-electron chi connectivity index (χ1n) is 7.55. The standard InChI is InChI=1S/C13H25N7O/c1-10(9-21)5-4-6-15-11-16-12(19-14)18-13(17-11)20-7-2-3-8-20/h10,21H,2-9,14H2,1H3,(H2,15,16,17,18,19). The van der Waals surface area contributed by atoms with Crippen LogP contribution in [0.3, 0.4) is 0 Å². The van der Waals surface area contributed by atoms with E-state index in [0.717, 1.165) is 32.5 Å². The van der Waals surface area contributed by atoms with E-state index >= 15 is 0 Å². The van der Waals surface area contributed by atoms with E-state index in [1.165, 1.54) is 12.8 Å². The lowest BCUT2D eigenvalue weighted by Gasteiger charge is -2.16. The van der Waals surface area contributed by atoms with Gasteiger partial charge in [-0.3, -0.25) is 5.43 Å². The third kappa shape index (κ3) is 4.68. The van der Waals surface area contributed by atoms with Crippen molar-refractivity contribution in [1.29, 1.82) is 0 Å². The van der Waals surface area contributed by atoms with E-state index in [9.17, 15) is 0 Å². The predicted molar refractivity (Wildman–Crippen MR) is 83.1 cm³/mol. The lowest BCUT2D eigenvalue weighted by atomic mass is 10.1. The van der Waals surface area contributed by atoms with Crippen molar-refractivity contribution in [2.45, 2.75) is 32.6 Å². The van der Waals surface area contributed by atoms with Gasteiger partial charge < -0.3 is 15.3 Å². The van der Waals surface area contributed by atoms with Crippen LogP contribution in [0.4, 0.5) is 17.8 Å². The van der Waals surface area contributed by atoms with Crippen LogP contribution in [0.5, 0.6) is 0 Å². The molecule has 1 aliphatic rings. The maximum atomic E-state index is 9.00. The third-order valence-electron chi connectivity index (χ3n) is 3.61. The summed E-state index contributed by atoms with van der Waals surface area (Å²) in [6.45, 7) is 4.97. The van der Waals surface area contributed by atoms with Gasteiger partial charge in [0.05, 0.1) is 0 Å². The summed E-state index contributed by atoms with van der Waals surface area (Å²) in [6, 6.07) is 0. The van der Waals surface area contributed by atoms with Gasteiger partial charge in [-0.25, -0.2) is 5.84 Å². The number of aromatic nitrogens is 3. The third-order valence-corrected chi connectivity index (χ3v) is 3.61. The molecule has 1 saturated heterocycles. The molecule has 1 aromatic heterocycles. The van der Waals surface area contributed by atoms with Gasteiger partial charge in [0.1, 0.15) is 0 Å². The van der Waals surface area contributed by atoms with Gasteiger partial charge in [0, 0.05) is 26.2 Å². The summed E-state index contributed by atoms with van der Waals surface area (Å²) in [5.41, 5.74) is 2.49. The van der Waals surface area contributed by atoms with Gasteiger partial charge in [0.25, 0.3) is 0 Å². The second kappa shape index (κ2) is 7.94. The molecule has 0 radical (unpaired) electrons. The number of rotatable bonds is 8. The minimum Gasteiger partial charge on any atom is -0.396 e. The largest absolute Gasteiger partial charge is 0.396 e. The predicted octanol–water partition coefficient (Wildman–Crippen LogP) is 0.578. The minimum absolute atomic E-state index is 0.228. The molecule has 0 saturated carbocycles. The molecule has 8 heteroatoms. The first-order valence-corrected chi connectivity index (χ1v) is 7.55. The van der Waals surface area contributed by atoms with Crippen molar-refractivity contribution in [2.75, 3.05) is 41.9 Å². The highest BCUT2D eigenvalue weighted by Gasteiger charge is 2.17. The molecule has 1 atom stereocenters. The van der Waals surface area contributed by atoms with Crippen LogP contribution in [0.1, 0.15) is 32.6 Å². The number of nitrogen functional groups attached to an aromatic ring is 1. The molecule has 118 valence electrons. The smallest absolute Gasteiger partial charge is 0.243 e. The Bertz CT molecular complexity index is 437. The average Bonchev–Trinajstić information content (AvgIpc) is 3.05. The van der Waals surface area contributed by atoms with Gasteiger partial charge in [-0.05, 0) is 31.6 Å². The molecule has 8 nitrogen and oxygen atoms in total. The maximum Gasteiger partial charge on any atom is 0.243 e. The lowest BCUT2D eigenvalue weighted by Crippen LogP contribution is -2.23. The number of aliphatic hydroxyl groups is 1. The highest BCUT2D eigenvalue weighted by Crippen LogP contribution is 2.18. The van der Waals surface area contributed by atoms with Crippen molar-refractivity contribution in [3.8, 4) is 0 Å². The van der Waals surface area contributed by atoms with Crippen LogP contribution in [-0.4, -0.2) is 46.3 Å². The summed E-state index contributed by atoms with van der Waals surface area (Å²) in [6.07, 6.45) is 4.26. The summed E-state index contributed by atoms with van der Waals surface area (Å²) in [7, 11) is 0. The fraction of sp³-hybridized carbons (Fsp3) is 0.769. The van der Waals surface area contributed by atoms with Crippen LogP contribution in [0.15, 0.2) is 0 Å². The summed E-state index contributed by atoms with van der Waals surface area (Å²) >= 11 is 0. The van der Waals surface area contributed by atoms with Gasteiger partial charge in [0.2, 0.25) is 17.8 Å². The van der Waals surface area contributed by atoms with Crippen molar-refractivity contribution in [2.24, 2.45) is 11.8 Å². The van der Waals surface area contributed by atoms with Crippen LogP contribution in [0.25, 0.3) is 0 Å². The summed E-state index contributed by atoms with van der Waals surface area (Å²) in [4.78, 5) is 15.1. The Hall–Kier alpha value is -1.67. The highest BCUT2D eigenvalue weighted by molar-refractivity contribution is 5.43. The Morgan fingerprint density at radius 2 is 1.95 bits per heavy atom. The molecule has 0 aromatic carbocycles. The van der Waals surface area contributed by atoms with Gasteiger partial charge in [-0.2, -0.15) is 15.0 Å². The zero-order chi connectivity index (χ0) is 15.1. The van der Waals surface area contributed by atoms with E-state index in [4.69, 9.17) is 10.9 Å². The van der Waals surface area contributed by atoms with Crippen LogP contribution < -0.4 is 21.5 Å². The summed E-state index contributed by atoms with van der Waals surface area (Å²) in [5, 5.41) is 12.2. The Morgan fingerprint density at radius 1 is 1.24 bits per heavy atom. The van der Waals surface area contributed by atoms with Crippen LogP contribution >= 0.6 is 0 Å². The molecule has 1 fully saturated rings. The molecule has 1 aliphatic heterocycles. The molecular formula is C13H25N7O. The number of hydrogen-bond donors (Lipinski definition) is 4. The number of nitrogens with zero attached hydrogens (tertiary/aromatic N) is 4. The second-order valence-electron chi connectivity index (χ2n) is 5.48. The number of nitrogens with one attached hydrogen (secondary N) is 2. The molecule has 2 rings (SSSR count). The van der Waals surface area contributed by atoms with E-state index in [1.807, 2.05) is 6.92 Å². The number of aliphatic hydroxyl groups excluding tert-OH is 1. The van der Waals surface area contributed by atoms with Crippen molar-refractivity contribution in [3.05, 3.63) is 0 Å². The first kappa shape index (κ1) is 15.7. The fourth-order valence-corrected chi connectivity index (χ4v) is 2.31. The van der Waals surface area contributed by atoms with Gasteiger partial charge in [-0.15, -0.1) is 0 Å². The van der Waals surface area contributed by atoms with E-state index < -0.39 is 0 Å². The number of anilines is 3. The molecule has 0 aliphatic carbocycles. The molecule has 21 heavy (non-hydrogen) atoms. The van der Waals surface area contributed by atoms with Crippen LogP contribution in [-0.2, 0) is 0 Å². The minimum atomic E-state index is 0.228. The number of nitrogens with two attached hydrogens (primary N) is 1. The van der Waals surface area contributed by atoms with E-state index in [-0.39, 0.29) is 6.61 Å². The molecule has 5 N–H and O–H groups in total. The van der Waals surface area contributed by atoms with Crippen molar-refractivity contribution < 1.29 is 5.11 Å². The van der Waals surface area contributed by atoms with Gasteiger partial charge >= 0.3 is 0 Å². The Kier molecular flexibility index (Phi) is 5.94. The Labute approximate surface area is 125 Å². The highest BCUT2D eigenvalue weighted by atomic mass is 16.3. The number of hydrazine groups is 1. The van der Waals surface area contributed by atoms with E-state index in [0.29, 0.717) is 23.8 Å². The second-order valence-corrected chi connectivity index (χ2v) is 5.48. The lowest BCUT2D eigenvalue weighted by molar-refractivity contribution is 0.229. The van der Waals surface area contributed by atoms with E-state index in [1.54, 1.807) is 0 Å². The molecular weight excluding hydrogens is 270 g/mol. The van der Waals surface area contributed by atoms with Gasteiger partial charge in [0.15, 0.2) is 0 Å². The van der Waals surface area contributed by atoms with Crippen molar-refractivity contribution in [1.82, 2.24) is 15.0 Å². The Balaban J connectivity index is 1.93. The summed E-state index contributed by atoms with van der Waals surface area (Å²) < 4.78 is 0. The molecule has 1 aromatic rings. The van der Waals surface area contributed by atoms with Crippen molar-refractivity contribution >= 4 is 17.8 Å². The van der Waals surface area contributed by atoms with Crippen LogP contribution in [0, 0.1) is 5.92 Å². The maximum absolute atomic E-state index is 9.00. The molecule has 0 spiro atoms. The quantitative estimate of drug-likeness (QED) is 0.313.